The van der Waals surface area contributed by atoms with Crippen LogP contribution in [0.5, 0.6) is 0 Å². The first-order valence-corrected chi connectivity index (χ1v) is 12.8. The number of allylic oxidation sites excluding steroid dienone is 8. The molecule has 0 saturated carbocycles. The van der Waals surface area contributed by atoms with Crippen LogP contribution in [0.1, 0.15) is 52.4 Å². The van der Waals surface area contributed by atoms with Crippen LogP contribution in [0, 0.1) is 47.6 Å². The number of benzene rings is 2. The number of halogens is 4. The Bertz CT molecular complexity index is 1100. The van der Waals surface area contributed by atoms with Crippen LogP contribution < -0.4 is 9.80 Å². The molecule has 0 atom stereocenters. The Morgan fingerprint density at radius 3 is 1.29 bits per heavy atom. The molecule has 0 bridgehead atoms. The predicted molar refractivity (Wildman–Crippen MR) is 150 cm³/mol. The van der Waals surface area contributed by atoms with Crippen molar-refractivity contribution in [1.29, 1.82) is 0 Å². The van der Waals surface area contributed by atoms with E-state index in [0.717, 1.165) is 25.0 Å². The van der Waals surface area contributed by atoms with Crippen molar-refractivity contribution in [2.75, 3.05) is 23.9 Å². The van der Waals surface area contributed by atoms with Crippen molar-refractivity contribution in [3.8, 4) is 0 Å². The van der Waals surface area contributed by atoms with Crippen LogP contribution >= 0.6 is 0 Å². The Balaban J connectivity index is 0.000000573. The third-order valence-corrected chi connectivity index (χ3v) is 5.25. The van der Waals surface area contributed by atoms with Crippen molar-refractivity contribution >= 4 is 23.2 Å². The van der Waals surface area contributed by atoms with Gasteiger partial charge in [0.15, 0.2) is 0 Å². The fourth-order valence-corrected chi connectivity index (χ4v) is 3.10. The molecule has 2 aliphatic rings. The van der Waals surface area contributed by atoms with Gasteiger partial charge in [-0.25, -0.2) is 41.9 Å². The third-order valence-electron chi connectivity index (χ3n) is 5.25. The van der Waals surface area contributed by atoms with Gasteiger partial charge < -0.3 is 9.80 Å². The third kappa shape index (κ3) is 14.8. The molecule has 2 aliphatic carbocycles. The second-order valence-electron chi connectivity index (χ2n) is 8.42. The molecular weight excluding hydrogens is 568 g/mol. The van der Waals surface area contributed by atoms with Gasteiger partial charge in [0.05, 0.1) is 0 Å². The number of carbonyl (C=O) groups is 2. The molecular formula is C32H34F4N2O2Ti. The molecule has 0 heterocycles. The predicted octanol–water partition coefficient (Wildman–Crippen LogP) is 7.66. The maximum absolute atomic E-state index is 13.2. The zero-order chi connectivity index (χ0) is 29.9. The summed E-state index contributed by atoms with van der Waals surface area (Å²) in [4.78, 5) is 25.2. The van der Waals surface area contributed by atoms with Gasteiger partial charge in [0.25, 0.3) is 0 Å². The average molecular weight is 602 g/mol. The first kappa shape index (κ1) is 37.8. The molecule has 0 aromatic heterocycles. The van der Waals surface area contributed by atoms with Gasteiger partial charge in [-0.1, -0.05) is 13.8 Å². The van der Waals surface area contributed by atoms with Gasteiger partial charge in [-0.05, 0) is 24.2 Å². The largest absolute Gasteiger partial charge is 4.00 e. The summed E-state index contributed by atoms with van der Waals surface area (Å²) in [5.74, 6) is -3.63. The standard InChI is InChI=1S/2C11H12F2NO.2C5H5.Ti/c2*1-3-4-11(15)14(2)10-6-5-8(12)7-9(10)13;2*1-2-4-5-3-1;/h2*5-6H,3-4H2,1-2H3;2*1-3H,4H2;/q4*-1;+4. The van der Waals surface area contributed by atoms with Gasteiger partial charge >= 0.3 is 21.7 Å². The van der Waals surface area contributed by atoms with E-state index in [1.165, 1.54) is 36.0 Å². The Labute approximate surface area is 256 Å². The van der Waals surface area contributed by atoms with E-state index >= 15 is 0 Å². The smallest absolute Gasteiger partial charge is 0.366 e. The summed E-state index contributed by atoms with van der Waals surface area (Å²) >= 11 is 0. The molecule has 0 saturated heterocycles. The normalized spacial score (nSPS) is 11.7. The Morgan fingerprint density at radius 1 is 0.707 bits per heavy atom. The number of hydrogen-bond donors (Lipinski definition) is 0. The number of hydrogen-bond acceptors (Lipinski definition) is 2. The molecule has 0 N–H and O–H groups in total. The van der Waals surface area contributed by atoms with Crippen LogP contribution in [-0.2, 0) is 31.3 Å². The molecule has 2 aromatic carbocycles. The molecule has 41 heavy (non-hydrogen) atoms. The first-order chi connectivity index (χ1) is 19.1. The number of carbonyl (C=O) groups excluding carboxylic acids is 2. The van der Waals surface area contributed by atoms with Gasteiger partial charge in [0.2, 0.25) is 11.8 Å². The van der Waals surface area contributed by atoms with Crippen molar-refractivity contribution in [2.45, 2.75) is 52.4 Å². The van der Waals surface area contributed by atoms with Crippen molar-refractivity contribution in [3.63, 3.8) is 0 Å². The molecule has 0 aliphatic heterocycles. The monoisotopic (exact) mass is 602 g/mol. The number of nitrogens with zero attached hydrogens (tertiary/aromatic N) is 2. The SMILES string of the molecule is CCCC(=O)N(C)c1ccc(F)[c-]c1F.CCCC(=O)N(C)c1ccc(F)[c-]c1F.[C-]1=CC=CC1.[C-]1=CC=CC1.[Ti+4]. The molecule has 0 radical (unpaired) electrons. The first-order valence-electron chi connectivity index (χ1n) is 12.8. The molecule has 216 valence electrons. The molecule has 2 amide bonds. The van der Waals surface area contributed by atoms with Crippen LogP contribution in [0.4, 0.5) is 28.9 Å². The minimum atomic E-state index is -0.845. The topological polar surface area (TPSA) is 40.6 Å². The van der Waals surface area contributed by atoms with E-state index in [-0.39, 0.29) is 44.9 Å². The van der Waals surface area contributed by atoms with Crippen LogP contribution in [0.15, 0.2) is 60.7 Å². The molecule has 0 fully saturated rings. The zero-order valence-electron chi connectivity index (χ0n) is 23.7. The second kappa shape index (κ2) is 21.5. The van der Waals surface area contributed by atoms with Crippen molar-refractivity contribution in [2.24, 2.45) is 0 Å². The number of anilines is 2. The zero-order valence-corrected chi connectivity index (χ0v) is 25.3. The van der Waals surface area contributed by atoms with Crippen molar-refractivity contribution in [1.82, 2.24) is 0 Å². The van der Waals surface area contributed by atoms with Gasteiger partial charge in [-0.2, -0.15) is 12.2 Å². The summed E-state index contributed by atoms with van der Waals surface area (Å²) in [6.07, 6.45) is 22.1. The van der Waals surface area contributed by atoms with Gasteiger partial charge in [-0.15, -0.1) is 49.2 Å². The fourth-order valence-electron chi connectivity index (χ4n) is 3.10. The summed E-state index contributed by atoms with van der Waals surface area (Å²) < 4.78 is 51.5. The number of amides is 2. The molecule has 9 heteroatoms. The second-order valence-corrected chi connectivity index (χ2v) is 8.42. The van der Waals surface area contributed by atoms with Crippen molar-refractivity contribution < 1.29 is 48.9 Å². The maximum atomic E-state index is 13.2. The Morgan fingerprint density at radius 2 is 1.07 bits per heavy atom. The molecule has 2 aromatic rings. The molecule has 4 nitrogen and oxygen atoms in total. The van der Waals surface area contributed by atoms with Crippen LogP contribution in [0.25, 0.3) is 0 Å². The number of rotatable bonds is 6. The summed E-state index contributed by atoms with van der Waals surface area (Å²) in [6, 6.07) is 8.40. The Kier molecular flexibility index (Phi) is 19.8. The summed E-state index contributed by atoms with van der Waals surface area (Å²) in [7, 11) is 2.92. The van der Waals surface area contributed by atoms with Crippen LogP contribution in [0.3, 0.4) is 0 Å². The maximum Gasteiger partial charge on any atom is 4.00 e. The van der Waals surface area contributed by atoms with Gasteiger partial charge in [0.1, 0.15) is 0 Å². The minimum Gasteiger partial charge on any atom is -0.366 e. The molecule has 4 rings (SSSR count). The average Bonchev–Trinajstić information content (AvgIpc) is 3.69. The molecule has 0 spiro atoms. The quantitative estimate of drug-likeness (QED) is 0.194. The van der Waals surface area contributed by atoms with E-state index in [9.17, 15) is 27.2 Å². The molecule has 0 unspecified atom stereocenters. The Hall–Kier alpha value is -3.23. The van der Waals surface area contributed by atoms with Crippen LogP contribution in [0.2, 0.25) is 0 Å². The summed E-state index contributed by atoms with van der Waals surface area (Å²) in [5.41, 5.74) is 0.102. The minimum absolute atomic E-state index is 0. The summed E-state index contributed by atoms with van der Waals surface area (Å²) in [6.45, 7) is 3.72. The van der Waals surface area contributed by atoms with E-state index in [1.54, 1.807) is 0 Å². The van der Waals surface area contributed by atoms with Crippen molar-refractivity contribution in [3.05, 3.63) is 108 Å². The van der Waals surface area contributed by atoms with E-state index in [4.69, 9.17) is 0 Å². The van der Waals surface area contributed by atoms with E-state index < -0.39 is 23.3 Å². The van der Waals surface area contributed by atoms with Gasteiger partial charge in [0, 0.05) is 50.2 Å². The fraction of sp³-hybridized carbons (Fsp3) is 0.312. The van der Waals surface area contributed by atoms with E-state index in [1.807, 2.05) is 50.3 Å². The summed E-state index contributed by atoms with van der Waals surface area (Å²) in [5, 5.41) is 0. The van der Waals surface area contributed by atoms with E-state index in [2.05, 4.69) is 24.3 Å². The van der Waals surface area contributed by atoms with E-state index in [0.29, 0.717) is 25.7 Å². The van der Waals surface area contributed by atoms with Gasteiger partial charge in [-0.3, -0.25) is 21.7 Å². The van der Waals surface area contributed by atoms with Crippen LogP contribution in [-0.4, -0.2) is 25.9 Å².